The monoisotopic (exact) mass is 315 g/mol. The number of amides is 1. The molecule has 118 valence electrons. The van der Waals surface area contributed by atoms with Crippen LogP contribution in [0, 0.1) is 6.92 Å². The molecule has 0 aliphatic rings. The van der Waals surface area contributed by atoms with Crippen molar-refractivity contribution in [3.8, 4) is 0 Å². The first-order valence-electron chi connectivity index (χ1n) is 7.64. The fourth-order valence-electron chi connectivity index (χ4n) is 2.28. The number of rotatable bonds is 4. The van der Waals surface area contributed by atoms with Crippen LogP contribution in [0.3, 0.4) is 0 Å². The van der Waals surface area contributed by atoms with E-state index < -0.39 is 0 Å². The molecule has 0 saturated carbocycles. The Morgan fingerprint density at radius 2 is 1.46 bits per heavy atom. The van der Waals surface area contributed by atoms with Crippen LogP contribution in [0.5, 0.6) is 0 Å². The highest BCUT2D eigenvalue weighted by molar-refractivity contribution is 6.13. The van der Waals surface area contributed by atoms with E-state index in [0.717, 1.165) is 16.8 Å². The van der Waals surface area contributed by atoms with Gasteiger partial charge in [0.15, 0.2) is 0 Å². The minimum atomic E-state index is -0.266. The molecule has 0 bridgehead atoms. The number of hydrazone groups is 1. The lowest BCUT2D eigenvalue weighted by Crippen LogP contribution is -2.20. The minimum absolute atomic E-state index is 0.266. The predicted molar refractivity (Wildman–Crippen MR) is 95.0 cm³/mol. The molecule has 3 rings (SSSR count). The maximum absolute atomic E-state index is 12.2. The number of aromatic nitrogens is 1. The van der Waals surface area contributed by atoms with Crippen molar-refractivity contribution >= 4 is 11.6 Å². The van der Waals surface area contributed by atoms with Crippen LogP contribution < -0.4 is 5.43 Å². The topological polar surface area (TPSA) is 54.4 Å². The zero-order valence-corrected chi connectivity index (χ0v) is 13.3. The minimum Gasteiger partial charge on any atom is -0.267 e. The first-order chi connectivity index (χ1) is 11.7. The van der Waals surface area contributed by atoms with E-state index in [0.29, 0.717) is 5.56 Å². The number of pyridine rings is 1. The van der Waals surface area contributed by atoms with E-state index in [9.17, 15) is 4.79 Å². The average molecular weight is 315 g/mol. The summed E-state index contributed by atoms with van der Waals surface area (Å²) in [5, 5.41) is 4.37. The second kappa shape index (κ2) is 7.33. The van der Waals surface area contributed by atoms with Gasteiger partial charge in [-0.15, -0.1) is 0 Å². The summed E-state index contributed by atoms with van der Waals surface area (Å²) in [7, 11) is 0. The van der Waals surface area contributed by atoms with Gasteiger partial charge in [0, 0.05) is 29.1 Å². The Bertz CT molecular complexity index is 841. The van der Waals surface area contributed by atoms with Crippen molar-refractivity contribution in [2.45, 2.75) is 6.92 Å². The van der Waals surface area contributed by atoms with Crippen LogP contribution in [-0.4, -0.2) is 16.6 Å². The molecule has 0 aliphatic heterocycles. The van der Waals surface area contributed by atoms with Crippen molar-refractivity contribution < 1.29 is 4.79 Å². The SMILES string of the molecule is Cc1ccc(/C(=N/NC(=O)c2ccncc2)c2ccccc2)cc1. The quantitative estimate of drug-likeness (QED) is 0.591. The second-order valence-electron chi connectivity index (χ2n) is 5.37. The van der Waals surface area contributed by atoms with Crippen molar-refractivity contribution in [1.82, 2.24) is 10.4 Å². The lowest BCUT2D eigenvalue weighted by molar-refractivity contribution is 0.0955. The molecule has 4 nitrogen and oxygen atoms in total. The van der Waals surface area contributed by atoms with Gasteiger partial charge in [0.1, 0.15) is 0 Å². The first-order valence-corrected chi connectivity index (χ1v) is 7.64. The Hall–Kier alpha value is -3.27. The molecule has 2 aromatic carbocycles. The summed E-state index contributed by atoms with van der Waals surface area (Å²) in [4.78, 5) is 16.1. The van der Waals surface area contributed by atoms with Crippen molar-refractivity contribution in [3.63, 3.8) is 0 Å². The smallest absolute Gasteiger partial charge is 0.267 e. The lowest BCUT2D eigenvalue weighted by atomic mass is 10.0. The third-order valence-electron chi connectivity index (χ3n) is 3.58. The summed E-state index contributed by atoms with van der Waals surface area (Å²) in [5.74, 6) is -0.266. The van der Waals surface area contributed by atoms with Gasteiger partial charge in [-0.05, 0) is 19.1 Å². The van der Waals surface area contributed by atoms with Crippen LogP contribution in [0.1, 0.15) is 27.0 Å². The fraction of sp³-hybridized carbons (Fsp3) is 0.0500. The molecule has 0 saturated heterocycles. The van der Waals surface area contributed by atoms with Crippen LogP contribution in [0.25, 0.3) is 0 Å². The molecule has 0 aliphatic carbocycles. The highest BCUT2D eigenvalue weighted by atomic mass is 16.2. The Morgan fingerprint density at radius 3 is 2.12 bits per heavy atom. The molecule has 0 fully saturated rings. The van der Waals surface area contributed by atoms with Gasteiger partial charge in [-0.1, -0.05) is 60.2 Å². The van der Waals surface area contributed by atoms with Gasteiger partial charge in [-0.25, -0.2) is 5.43 Å². The first kappa shape index (κ1) is 15.6. The van der Waals surface area contributed by atoms with E-state index in [1.54, 1.807) is 24.5 Å². The molecule has 3 aromatic rings. The molecule has 0 spiro atoms. The molecule has 1 amide bonds. The number of carbonyl (C=O) groups excluding carboxylic acids is 1. The van der Waals surface area contributed by atoms with E-state index >= 15 is 0 Å². The van der Waals surface area contributed by atoms with Crippen molar-refractivity contribution in [1.29, 1.82) is 0 Å². The Kier molecular flexibility index (Phi) is 4.77. The van der Waals surface area contributed by atoms with E-state index in [-0.39, 0.29) is 5.91 Å². The molecule has 1 heterocycles. The van der Waals surface area contributed by atoms with E-state index in [4.69, 9.17) is 0 Å². The van der Waals surface area contributed by atoms with Gasteiger partial charge in [0.05, 0.1) is 5.71 Å². The molecule has 0 unspecified atom stereocenters. The maximum Gasteiger partial charge on any atom is 0.271 e. The maximum atomic E-state index is 12.2. The number of nitrogens with zero attached hydrogens (tertiary/aromatic N) is 2. The van der Waals surface area contributed by atoms with E-state index in [1.807, 2.05) is 61.5 Å². The zero-order chi connectivity index (χ0) is 16.8. The van der Waals surface area contributed by atoms with Crippen molar-refractivity contribution in [3.05, 3.63) is 101 Å². The Balaban J connectivity index is 1.93. The molecule has 1 N–H and O–H groups in total. The standard InChI is InChI=1S/C20H17N3O/c1-15-7-9-17(10-8-15)19(16-5-3-2-4-6-16)22-23-20(24)18-11-13-21-14-12-18/h2-14H,1H3,(H,23,24)/b22-19+. The summed E-state index contributed by atoms with van der Waals surface area (Å²) >= 11 is 0. The van der Waals surface area contributed by atoms with Gasteiger partial charge in [0.25, 0.3) is 5.91 Å². The van der Waals surface area contributed by atoms with Gasteiger partial charge in [0.2, 0.25) is 0 Å². The fourth-order valence-corrected chi connectivity index (χ4v) is 2.28. The van der Waals surface area contributed by atoms with Gasteiger partial charge in [-0.2, -0.15) is 5.10 Å². The Morgan fingerprint density at radius 1 is 0.833 bits per heavy atom. The summed E-state index contributed by atoms with van der Waals surface area (Å²) in [6, 6.07) is 21.1. The molecule has 0 atom stereocenters. The number of hydrogen-bond donors (Lipinski definition) is 1. The normalized spacial score (nSPS) is 11.1. The number of hydrogen-bond acceptors (Lipinski definition) is 3. The predicted octanol–water partition coefficient (Wildman–Crippen LogP) is 3.57. The largest absolute Gasteiger partial charge is 0.271 e. The van der Waals surface area contributed by atoms with Crippen LogP contribution in [0.2, 0.25) is 0 Å². The van der Waals surface area contributed by atoms with Gasteiger partial charge < -0.3 is 0 Å². The molecule has 24 heavy (non-hydrogen) atoms. The van der Waals surface area contributed by atoms with Crippen LogP contribution in [-0.2, 0) is 0 Å². The molecular formula is C20H17N3O. The van der Waals surface area contributed by atoms with Crippen LogP contribution in [0.15, 0.2) is 84.2 Å². The molecular weight excluding hydrogens is 298 g/mol. The zero-order valence-electron chi connectivity index (χ0n) is 13.3. The highest BCUT2D eigenvalue weighted by Crippen LogP contribution is 2.12. The highest BCUT2D eigenvalue weighted by Gasteiger charge is 2.09. The number of carbonyl (C=O) groups is 1. The summed E-state index contributed by atoms with van der Waals surface area (Å²) in [6.07, 6.45) is 3.16. The number of aryl methyl sites for hydroxylation is 1. The molecule has 0 radical (unpaired) electrons. The van der Waals surface area contributed by atoms with E-state index in [2.05, 4.69) is 15.5 Å². The van der Waals surface area contributed by atoms with Crippen molar-refractivity contribution in [2.24, 2.45) is 5.10 Å². The third kappa shape index (κ3) is 3.73. The molecule has 4 heteroatoms. The van der Waals surface area contributed by atoms with Crippen LogP contribution in [0.4, 0.5) is 0 Å². The Labute approximate surface area is 140 Å². The van der Waals surface area contributed by atoms with Crippen molar-refractivity contribution in [2.75, 3.05) is 0 Å². The van der Waals surface area contributed by atoms with Gasteiger partial charge >= 0.3 is 0 Å². The summed E-state index contributed by atoms with van der Waals surface area (Å²) < 4.78 is 0. The summed E-state index contributed by atoms with van der Waals surface area (Å²) in [5.41, 5.74) is 6.93. The molecule has 1 aromatic heterocycles. The number of benzene rings is 2. The van der Waals surface area contributed by atoms with E-state index in [1.165, 1.54) is 5.56 Å². The summed E-state index contributed by atoms with van der Waals surface area (Å²) in [6.45, 7) is 2.04. The number of nitrogens with one attached hydrogen (secondary N) is 1. The second-order valence-corrected chi connectivity index (χ2v) is 5.37. The average Bonchev–Trinajstić information content (AvgIpc) is 2.65. The lowest BCUT2D eigenvalue weighted by Gasteiger charge is -2.08. The van der Waals surface area contributed by atoms with Crippen LogP contribution >= 0.6 is 0 Å². The van der Waals surface area contributed by atoms with Gasteiger partial charge in [-0.3, -0.25) is 9.78 Å². The third-order valence-corrected chi connectivity index (χ3v) is 3.58.